The number of hydrogen-bond donors (Lipinski definition) is 2. The lowest BCUT2D eigenvalue weighted by Crippen LogP contribution is -2.18. The molecule has 0 atom stereocenters. The molecule has 0 saturated carbocycles. The molecule has 118 valence electrons. The first kappa shape index (κ1) is 16.0. The fraction of sp³-hybridized carbons (Fsp3) is 0.308. The van der Waals surface area contributed by atoms with Gasteiger partial charge in [-0.25, -0.2) is 0 Å². The second-order valence-corrected chi connectivity index (χ2v) is 4.40. The summed E-state index contributed by atoms with van der Waals surface area (Å²) in [4.78, 5) is 14.8. The van der Waals surface area contributed by atoms with E-state index >= 15 is 0 Å². The van der Waals surface area contributed by atoms with E-state index in [1.165, 1.54) is 12.1 Å². The lowest BCUT2D eigenvalue weighted by atomic mass is 10.2. The molecule has 0 fully saturated rings. The number of anilines is 1. The highest BCUT2D eigenvalue weighted by Gasteiger charge is 2.38. The number of aromatic nitrogens is 2. The Kier molecular flexibility index (Phi) is 4.76. The van der Waals surface area contributed by atoms with E-state index in [2.05, 4.69) is 25.3 Å². The molecule has 0 aliphatic heterocycles. The second-order valence-electron chi connectivity index (χ2n) is 4.40. The number of amides is 1. The molecule has 2 aromatic rings. The van der Waals surface area contributed by atoms with E-state index in [0.29, 0.717) is 24.2 Å². The Balaban J connectivity index is 2.06. The first-order chi connectivity index (χ1) is 10.4. The first-order valence-corrected chi connectivity index (χ1v) is 6.36. The number of rotatable bonds is 5. The van der Waals surface area contributed by atoms with Gasteiger partial charge < -0.3 is 15.2 Å². The molecular weight excluding hydrogens is 301 g/mol. The molecule has 1 amide bonds. The van der Waals surface area contributed by atoms with Crippen LogP contribution < -0.4 is 10.6 Å². The van der Waals surface area contributed by atoms with Crippen LogP contribution in [0.25, 0.3) is 11.4 Å². The van der Waals surface area contributed by atoms with Gasteiger partial charge in [0.2, 0.25) is 11.7 Å². The lowest BCUT2D eigenvalue weighted by Gasteiger charge is -2.05. The van der Waals surface area contributed by atoms with Crippen LogP contribution in [0.15, 0.2) is 28.8 Å². The average Bonchev–Trinajstić information content (AvgIpc) is 2.96. The van der Waals surface area contributed by atoms with Crippen LogP contribution in [0.1, 0.15) is 12.3 Å². The molecule has 0 unspecified atom stereocenters. The molecule has 22 heavy (non-hydrogen) atoms. The highest BCUT2D eigenvalue weighted by atomic mass is 19.4. The quantitative estimate of drug-likeness (QED) is 0.885. The van der Waals surface area contributed by atoms with Gasteiger partial charge in [0.05, 0.1) is 0 Å². The van der Waals surface area contributed by atoms with Crippen molar-refractivity contribution in [2.45, 2.75) is 12.6 Å². The molecule has 1 heterocycles. The normalized spacial score (nSPS) is 11.5. The van der Waals surface area contributed by atoms with Crippen molar-refractivity contribution in [2.75, 3.05) is 18.9 Å². The summed E-state index contributed by atoms with van der Waals surface area (Å²) in [6.07, 6.45) is -4.36. The van der Waals surface area contributed by atoms with Crippen LogP contribution in [-0.2, 0) is 11.0 Å². The summed E-state index contributed by atoms with van der Waals surface area (Å²) in [5.74, 6) is -1.73. The highest BCUT2D eigenvalue weighted by molar-refractivity contribution is 5.91. The largest absolute Gasteiger partial charge is 0.471 e. The van der Waals surface area contributed by atoms with Gasteiger partial charge in [0.25, 0.3) is 0 Å². The van der Waals surface area contributed by atoms with Gasteiger partial charge in [0.1, 0.15) is 0 Å². The summed E-state index contributed by atoms with van der Waals surface area (Å²) in [5, 5.41) is 8.79. The Morgan fingerprint density at radius 2 is 1.95 bits per heavy atom. The van der Waals surface area contributed by atoms with Crippen LogP contribution in [0.5, 0.6) is 0 Å². The minimum Gasteiger partial charge on any atom is -0.329 e. The molecule has 0 aliphatic rings. The third kappa shape index (κ3) is 4.04. The van der Waals surface area contributed by atoms with Crippen molar-refractivity contribution in [3.05, 3.63) is 30.2 Å². The maximum atomic E-state index is 12.4. The van der Waals surface area contributed by atoms with Crippen molar-refractivity contribution in [3.63, 3.8) is 0 Å². The van der Waals surface area contributed by atoms with E-state index in [1.807, 2.05) is 0 Å². The Morgan fingerprint density at radius 3 is 2.50 bits per heavy atom. The minimum absolute atomic E-state index is 0.166. The van der Waals surface area contributed by atoms with Gasteiger partial charge in [0, 0.05) is 24.2 Å². The summed E-state index contributed by atoms with van der Waals surface area (Å²) < 4.78 is 41.3. The van der Waals surface area contributed by atoms with E-state index < -0.39 is 12.1 Å². The number of benzene rings is 1. The smallest absolute Gasteiger partial charge is 0.329 e. The molecule has 6 nitrogen and oxygen atoms in total. The van der Waals surface area contributed by atoms with Crippen LogP contribution in [-0.4, -0.2) is 29.6 Å². The summed E-state index contributed by atoms with van der Waals surface area (Å²) in [5.41, 5.74) is 0.886. The number of hydrogen-bond acceptors (Lipinski definition) is 5. The second kappa shape index (κ2) is 6.56. The van der Waals surface area contributed by atoms with E-state index in [4.69, 9.17) is 0 Å². The van der Waals surface area contributed by atoms with Crippen molar-refractivity contribution in [3.8, 4) is 11.4 Å². The number of alkyl halides is 3. The van der Waals surface area contributed by atoms with Crippen LogP contribution in [0.4, 0.5) is 18.9 Å². The van der Waals surface area contributed by atoms with Crippen molar-refractivity contribution in [1.82, 2.24) is 15.5 Å². The molecule has 9 heteroatoms. The molecular formula is C13H13F3N4O2. The van der Waals surface area contributed by atoms with Crippen molar-refractivity contribution >= 4 is 11.6 Å². The van der Waals surface area contributed by atoms with Crippen molar-refractivity contribution in [1.29, 1.82) is 0 Å². The van der Waals surface area contributed by atoms with Crippen LogP contribution in [0.2, 0.25) is 0 Å². The van der Waals surface area contributed by atoms with E-state index in [1.54, 1.807) is 19.2 Å². The SMILES string of the molecule is CNCCC(=O)Nc1ccc(-c2noc(C(F)(F)F)n2)cc1. The van der Waals surface area contributed by atoms with Gasteiger partial charge in [-0.15, -0.1) is 0 Å². The standard InChI is InChI=1S/C13H13F3N4O2/c1-17-7-6-10(21)18-9-4-2-8(3-5-9)11-19-12(22-20-11)13(14,15)16/h2-5,17H,6-7H2,1H3,(H,18,21). The summed E-state index contributed by atoms with van der Waals surface area (Å²) in [6.45, 7) is 0.549. The van der Waals surface area contributed by atoms with Crippen molar-refractivity contribution < 1.29 is 22.5 Å². The van der Waals surface area contributed by atoms with Gasteiger partial charge in [-0.05, 0) is 31.3 Å². The van der Waals surface area contributed by atoms with E-state index in [0.717, 1.165) is 0 Å². The topological polar surface area (TPSA) is 80.0 Å². The maximum absolute atomic E-state index is 12.4. The summed E-state index contributed by atoms with van der Waals surface area (Å²) in [7, 11) is 1.74. The summed E-state index contributed by atoms with van der Waals surface area (Å²) >= 11 is 0. The molecule has 0 saturated heterocycles. The minimum atomic E-state index is -4.67. The summed E-state index contributed by atoms with van der Waals surface area (Å²) in [6, 6.07) is 6.10. The van der Waals surface area contributed by atoms with Crippen LogP contribution in [0.3, 0.4) is 0 Å². The van der Waals surface area contributed by atoms with Gasteiger partial charge in [-0.3, -0.25) is 4.79 Å². The molecule has 0 radical (unpaired) electrons. The van der Waals surface area contributed by atoms with Gasteiger partial charge in [-0.1, -0.05) is 5.16 Å². The number of nitrogens with one attached hydrogen (secondary N) is 2. The first-order valence-electron chi connectivity index (χ1n) is 6.36. The molecule has 0 bridgehead atoms. The number of halogens is 3. The fourth-order valence-electron chi connectivity index (χ4n) is 1.62. The Morgan fingerprint density at radius 1 is 1.27 bits per heavy atom. The molecule has 1 aromatic heterocycles. The van der Waals surface area contributed by atoms with Crippen LogP contribution in [0, 0.1) is 0 Å². The number of carbonyl (C=O) groups excluding carboxylic acids is 1. The van der Waals surface area contributed by atoms with E-state index in [-0.39, 0.29) is 11.7 Å². The maximum Gasteiger partial charge on any atom is 0.471 e. The van der Waals surface area contributed by atoms with Gasteiger partial charge >= 0.3 is 12.1 Å². The van der Waals surface area contributed by atoms with Gasteiger partial charge in [0.15, 0.2) is 0 Å². The zero-order valence-corrected chi connectivity index (χ0v) is 11.6. The zero-order valence-electron chi connectivity index (χ0n) is 11.6. The Hall–Kier alpha value is -2.42. The molecule has 0 spiro atoms. The third-order valence-electron chi connectivity index (χ3n) is 2.70. The van der Waals surface area contributed by atoms with Crippen LogP contribution >= 0.6 is 0 Å². The number of carbonyl (C=O) groups is 1. The zero-order chi connectivity index (χ0) is 16.2. The third-order valence-corrected chi connectivity index (χ3v) is 2.70. The molecule has 2 rings (SSSR count). The number of nitrogens with zero attached hydrogens (tertiary/aromatic N) is 2. The van der Waals surface area contributed by atoms with E-state index in [9.17, 15) is 18.0 Å². The fourth-order valence-corrected chi connectivity index (χ4v) is 1.62. The highest BCUT2D eigenvalue weighted by Crippen LogP contribution is 2.29. The Labute approximate surface area is 123 Å². The molecule has 2 N–H and O–H groups in total. The monoisotopic (exact) mass is 314 g/mol. The molecule has 1 aromatic carbocycles. The molecule has 0 aliphatic carbocycles. The predicted molar refractivity (Wildman–Crippen MR) is 71.9 cm³/mol. The predicted octanol–water partition coefficient (Wildman–Crippen LogP) is 2.30. The van der Waals surface area contributed by atoms with Crippen molar-refractivity contribution in [2.24, 2.45) is 0 Å². The van der Waals surface area contributed by atoms with Gasteiger partial charge in [-0.2, -0.15) is 18.2 Å². The average molecular weight is 314 g/mol. The Bertz CT molecular complexity index is 637. The lowest BCUT2D eigenvalue weighted by molar-refractivity contribution is -0.159.